The molecule has 0 fully saturated rings. The molecule has 0 bridgehead atoms. The van der Waals surface area contributed by atoms with E-state index in [2.05, 4.69) is 20.4 Å². The van der Waals surface area contributed by atoms with Crippen LogP contribution in [0.4, 0.5) is 0 Å². The number of phenols is 4. The van der Waals surface area contributed by atoms with E-state index >= 15 is 0 Å². The van der Waals surface area contributed by atoms with Gasteiger partial charge in [-0.25, -0.2) is 0 Å². The Hall–Kier alpha value is -4.08. The second-order valence-electron chi connectivity index (χ2n) is 4.95. The summed E-state index contributed by atoms with van der Waals surface area (Å²) in [6, 6.07) is 7.92. The van der Waals surface area contributed by atoms with Gasteiger partial charge in [-0.2, -0.15) is 10.2 Å². The number of nitrogens with two attached hydrogens (primary N) is 2. The number of aromatic hydroxyl groups is 4. The van der Waals surface area contributed by atoms with Crippen LogP contribution in [0.15, 0.2) is 56.8 Å². The molecule has 26 heavy (non-hydrogen) atoms. The highest BCUT2D eigenvalue weighted by atomic mass is 16.3. The van der Waals surface area contributed by atoms with E-state index in [1.807, 2.05) is 0 Å². The molecule has 8 N–H and O–H groups in total. The van der Waals surface area contributed by atoms with Gasteiger partial charge in [0.05, 0.1) is 12.4 Å². The lowest BCUT2D eigenvalue weighted by Gasteiger charge is -1.99. The molecule has 10 nitrogen and oxygen atoms in total. The first-order valence-electron chi connectivity index (χ1n) is 7.14. The second kappa shape index (κ2) is 8.15. The molecule has 10 heteroatoms. The van der Waals surface area contributed by atoms with Crippen molar-refractivity contribution in [2.45, 2.75) is 0 Å². The minimum atomic E-state index is -0.216. The highest BCUT2D eigenvalue weighted by Gasteiger charge is 2.01. The third kappa shape index (κ3) is 4.96. The van der Waals surface area contributed by atoms with Gasteiger partial charge in [-0.05, 0) is 24.3 Å². The Morgan fingerprint density at radius 3 is 1.42 bits per heavy atom. The summed E-state index contributed by atoms with van der Waals surface area (Å²) in [6.45, 7) is 0. The summed E-state index contributed by atoms with van der Waals surface area (Å²) in [5.74, 6) is -0.962. The van der Waals surface area contributed by atoms with Crippen LogP contribution in [0, 0.1) is 0 Å². The molecule has 0 aliphatic carbocycles. The van der Waals surface area contributed by atoms with Crippen LogP contribution >= 0.6 is 0 Å². The number of hydrogen-bond donors (Lipinski definition) is 6. The Morgan fingerprint density at radius 2 is 1.08 bits per heavy atom. The maximum absolute atomic E-state index is 9.60. The van der Waals surface area contributed by atoms with Gasteiger partial charge in [-0.1, -0.05) is 0 Å². The Balaban J connectivity index is 2.06. The van der Waals surface area contributed by atoms with Crippen LogP contribution in [0.5, 0.6) is 23.0 Å². The van der Waals surface area contributed by atoms with Crippen LogP contribution in [-0.2, 0) is 0 Å². The molecule has 2 rings (SSSR count). The molecule has 0 saturated heterocycles. The molecular formula is C16H16N6O4. The average molecular weight is 356 g/mol. The zero-order valence-corrected chi connectivity index (χ0v) is 13.4. The fourth-order valence-electron chi connectivity index (χ4n) is 1.69. The number of rotatable bonds is 4. The Morgan fingerprint density at radius 1 is 0.692 bits per heavy atom. The summed E-state index contributed by atoms with van der Waals surface area (Å²) >= 11 is 0. The molecule has 0 heterocycles. The summed E-state index contributed by atoms with van der Waals surface area (Å²) in [7, 11) is 0. The van der Waals surface area contributed by atoms with Crippen LogP contribution in [0.1, 0.15) is 11.1 Å². The standard InChI is InChI=1S/C16H16N6O4/c17-15(21-19-7-9-1-3-11(23)5-13(9)25)16(18)22-20-8-10-2-4-12(24)6-14(10)26/h1-8,23-26H,(H2,17,21)(H2,18,22)/b19-7-,20-8+. The number of nitrogens with zero attached hydrogens (tertiary/aromatic N) is 4. The van der Waals surface area contributed by atoms with E-state index in [9.17, 15) is 20.4 Å². The van der Waals surface area contributed by atoms with Crippen molar-refractivity contribution in [2.24, 2.45) is 31.9 Å². The molecule has 0 unspecified atom stereocenters. The van der Waals surface area contributed by atoms with E-state index in [4.69, 9.17) is 11.5 Å². The van der Waals surface area contributed by atoms with Crippen LogP contribution < -0.4 is 11.5 Å². The van der Waals surface area contributed by atoms with E-state index in [-0.39, 0.29) is 34.7 Å². The van der Waals surface area contributed by atoms with Gasteiger partial charge in [0.15, 0.2) is 11.7 Å². The Labute approximate surface area is 147 Å². The molecule has 0 aliphatic heterocycles. The molecule has 2 aromatic carbocycles. The molecular weight excluding hydrogens is 340 g/mol. The van der Waals surface area contributed by atoms with E-state index in [0.29, 0.717) is 11.1 Å². The second-order valence-corrected chi connectivity index (χ2v) is 4.95. The van der Waals surface area contributed by atoms with Crippen molar-refractivity contribution in [3.05, 3.63) is 47.5 Å². The molecule has 0 amide bonds. The topological polar surface area (TPSA) is 182 Å². The SMILES string of the molecule is NC(=N/N=C\c1ccc(O)cc1O)C(N)=N/N=C/c1ccc(O)cc1O. The molecule has 2 aromatic rings. The summed E-state index contributed by atoms with van der Waals surface area (Å²) in [4.78, 5) is 0. The average Bonchev–Trinajstić information content (AvgIpc) is 2.58. The first-order valence-corrected chi connectivity index (χ1v) is 7.14. The third-order valence-corrected chi connectivity index (χ3v) is 3.02. The number of amidine groups is 2. The normalized spacial score (nSPS) is 12.9. The third-order valence-electron chi connectivity index (χ3n) is 3.02. The first-order chi connectivity index (χ1) is 12.4. The zero-order valence-electron chi connectivity index (χ0n) is 13.4. The zero-order chi connectivity index (χ0) is 19.1. The largest absolute Gasteiger partial charge is 0.508 e. The maximum atomic E-state index is 9.60. The van der Waals surface area contributed by atoms with Gasteiger partial charge in [0, 0.05) is 23.3 Å². The quantitative estimate of drug-likeness (QED) is 0.265. The molecule has 0 aromatic heterocycles. The van der Waals surface area contributed by atoms with Gasteiger partial charge in [0.1, 0.15) is 23.0 Å². The predicted molar refractivity (Wildman–Crippen MR) is 98.0 cm³/mol. The van der Waals surface area contributed by atoms with Gasteiger partial charge in [0.2, 0.25) is 0 Å². The van der Waals surface area contributed by atoms with Gasteiger partial charge >= 0.3 is 0 Å². The maximum Gasteiger partial charge on any atom is 0.190 e. The summed E-state index contributed by atoms with van der Waals surface area (Å²) in [6.07, 6.45) is 2.43. The van der Waals surface area contributed by atoms with Crippen LogP contribution in [-0.4, -0.2) is 44.5 Å². The fraction of sp³-hybridized carbons (Fsp3) is 0. The highest BCUT2D eigenvalue weighted by Crippen LogP contribution is 2.21. The van der Waals surface area contributed by atoms with Gasteiger partial charge in [-0.3, -0.25) is 0 Å². The smallest absolute Gasteiger partial charge is 0.190 e. The molecule has 134 valence electrons. The minimum absolute atomic E-state index is 0.0865. The molecule has 0 atom stereocenters. The van der Waals surface area contributed by atoms with Crippen molar-refractivity contribution in [1.82, 2.24) is 0 Å². The lowest BCUT2D eigenvalue weighted by atomic mass is 10.2. The van der Waals surface area contributed by atoms with Crippen molar-refractivity contribution >= 4 is 24.1 Å². The van der Waals surface area contributed by atoms with Crippen molar-refractivity contribution in [2.75, 3.05) is 0 Å². The minimum Gasteiger partial charge on any atom is -0.508 e. The van der Waals surface area contributed by atoms with E-state index in [1.54, 1.807) is 0 Å². The fourth-order valence-corrected chi connectivity index (χ4v) is 1.69. The van der Waals surface area contributed by atoms with Crippen molar-refractivity contribution in [1.29, 1.82) is 0 Å². The summed E-state index contributed by atoms with van der Waals surface area (Å²) in [5, 5.41) is 52.1. The lowest BCUT2D eigenvalue weighted by molar-refractivity contribution is 0.449. The highest BCUT2D eigenvalue weighted by molar-refractivity contribution is 6.39. The Bertz CT molecular complexity index is 845. The molecule has 0 spiro atoms. The van der Waals surface area contributed by atoms with E-state index < -0.39 is 0 Å². The number of hydrogen-bond acceptors (Lipinski definition) is 8. The first kappa shape index (κ1) is 18.3. The van der Waals surface area contributed by atoms with Gasteiger partial charge in [-0.15, -0.1) is 10.2 Å². The van der Waals surface area contributed by atoms with Crippen molar-refractivity contribution in [3.8, 4) is 23.0 Å². The van der Waals surface area contributed by atoms with Crippen molar-refractivity contribution < 1.29 is 20.4 Å². The van der Waals surface area contributed by atoms with E-state index in [1.165, 1.54) is 36.7 Å². The molecule has 0 radical (unpaired) electrons. The summed E-state index contributed by atoms with van der Waals surface area (Å²) in [5.41, 5.74) is 11.8. The van der Waals surface area contributed by atoms with E-state index in [0.717, 1.165) is 12.1 Å². The van der Waals surface area contributed by atoms with Crippen LogP contribution in [0.25, 0.3) is 0 Å². The molecule has 0 aliphatic rings. The van der Waals surface area contributed by atoms with Crippen molar-refractivity contribution in [3.63, 3.8) is 0 Å². The monoisotopic (exact) mass is 356 g/mol. The van der Waals surface area contributed by atoms with Crippen LogP contribution in [0.2, 0.25) is 0 Å². The Kier molecular flexibility index (Phi) is 5.72. The molecule has 0 saturated carbocycles. The lowest BCUT2D eigenvalue weighted by Crippen LogP contribution is -2.30. The predicted octanol–water partition coefficient (Wildman–Crippen LogP) is 0.591. The summed E-state index contributed by atoms with van der Waals surface area (Å²) < 4.78 is 0. The number of phenolic OH excluding ortho intramolecular Hbond substituents is 4. The number of benzene rings is 2. The van der Waals surface area contributed by atoms with Crippen LogP contribution in [0.3, 0.4) is 0 Å². The van der Waals surface area contributed by atoms with Gasteiger partial charge < -0.3 is 31.9 Å². The van der Waals surface area contributed by atoms with Gasteiger partial charge in [0.25, 0.3) is 0 Å².